The molecule has 0 spiro atoms. The molecule has 3 N–H and O–H groups in total. The quantitative estimate of drug-likeness (QED) is 0.628. The molecule has 2 atom stereocenters. The summed E-state index contributed by atoms with van der Waals surface area (Å²) >= 11 is 0. The molecule has 0 aromatic rings. The highest BCUT2D eigenvalue weighted by molar-refractivity contribution is 5.68. The molecule has 5 nitrogen and oxygen atoms in total. The van der Waals surface area contributed by atoms with Gasteiger partial charge >= 0.3 is 6.09 Å². The van der Waals surface area contributed by atoms with E-state index in [1.54, 1.807) is 0 Å². The summed E-state index contributed by atoms with van der Waals surface area (Å²) in [6, 6.07) is -0.339. The van der Waals surface area contributed by atoms with Crippen LogP contribution >= 0.6 is 0 Å². The molecule has 14 heavy (non-hydrogen) atoms. The summed E-state index contributed by atoms with van der Waals surface area (Å²) in [6.45, 7) is 3.14. The molecule has 1 fully saturated rings. The second kappa shape index (κ2) is 5.17. The minimum atomic E-state index is -0.617. The SMILES string of the molecule is CCCCOC(=O)N1C[C@H](N)[C@@H](O)C1. The van der Waals surface area contributed by atoms with Gasteiger partial charge in [-0.05, 0) is 6.42 Å². The molecule has 5 heteroatoms. The highest BCUT2D eigenvalue weighted by Crippen LogP contribution is 2.09. The maximum Gasteiger partial charge on any atom is 0.409 e. The van der Waals surface area contributed by atoms with Gasteiger partial charge in [-0.25, -0.2) is 4.79 Å². The van der Waals surface area contributed by atoms with E-state index in [0.29, 0.717) is 13.2 Å². The number of amides is 1. The summed E-state index contributed by atoms with van der Waals surface area (Å²) in [4.78, 5) is 12.8. The monoisotopic (exact) mass is 202 g/mol. The highest BCUT2D eigenvalue weighted by atomic mass is 16.6. The fourth-order valence-corrected chi connectivity index (χ4v) is 1.36. The van der Waals surface area contributed by atoms with Gasteiger partial charge in [-0.1, -0.05) is 13.3 Å². The van der Waals surface area contributed by atoms with E-state index < -0.39 is 6.10 Å². The Morgan fingerprint density at radius 2 is 2.36 bits per heavy atom. The summed E-state index contributed by atoms with van der Waals surface area (Å²) in [5, 5.41) is 9.31. The number of aliphatic hydroxyl groups excluding tert-OH is 1. The third-order valence-electron chi connectivity index (χ3n) is 2.31. The molecule has 82 valence electrons. The summed E-state index contributed by atoms with van der Waals surface area (Å²) in [6.07, 6.45) is 0.878. The molecule has 1 rings (SSSR count). The average molecular weight is 202 g/mol. The lowest BCUT2D eigenvalue weighted by atomic mass is 10.2. The standard InChI is InChI=1S/C9H18N2O3/c1-2-3-4-14-9(13)11-5-7(10)8(12)6-11/h7-8,12H,2-6,10H2,1H3/t7-,8-/m0/s1. The van der Waals surface area contributed by atoms with Gasteiger partial charge in [0.1, 0.15) is 0 Å². The Labute approximate surface area is 83.8 Å². The molecule has 1 aliphatic heterocycles. The zero-order valence-corrected chi connectivity index (χ0v) is 8.48. The number of likely N-dealkylation sites (tertiary alicyclic amines) is 1. The Hall–Kier alpha value is -0.810. The van der Waals surface area contributed by atoms with Gasteiger partial charge in [-0.2, -0.15) is 0 Å². The van der Waals surface area contributed by atoms with Crippen LogP contribution in [0.15, 0.2) is 0 Å². The van der Waals surface area contributed by atoms with E-state index in [-0.39, 0.29) is 18.7 Å². The van der Waals surface area contributed by atoms with E-state index in [0.717, 1.165) is 12.8 Å². The van der Waals surface area contributed by atoms with Crippen molar-refractivity contribution in [3.8, 4) is 0 Å². The molecule has 0 aliphatic carbocycles. The molecule has 0 saturated carbocycles. The molecule has 0 unspecified atom stereocenters. The first kappa shape index (κ1) is 11.3. The third kappa shape index (κ3) is 2.85. The van der Waals surface area contributed by atoms with Crippen molar-refractivity contribution >= 4 is 6.09 Å². The Balaban J connectivity index is 2.25. The summed E-state index contributed by atoms with van der Waals surface area (Å²) in [5.41, 5.74) is 5.56. The Morgan fingerprint density at radius 1 is 1.64 bits per heavy atom. The van der Waals surface area contributed by atoms with Crippen LogP contribution in [0, 0.1) is 0 Å². The number of ether oxygens (including phenoxy) is 1. The van der Waals surface area contributed by atoms with E-state index in [1.165, 1.54) is 4.90 Å². The Bertz CT molecular complexity index is 188. The predicted octanol–water partition coefficient (Wildman–Crippen LogP) is -0.0731. The van der Waals surface area contributed by atoms with Crippen molar-refractivity contribution < 1.29 is 14.6 Å². The van der Waals surface area contributed by atoms with Gasteiger partial charge in [0, 0.05) is 6.54 Å². The van der Waals surface area contributed by atoms with Crippen LogP contribution < -0.4 is 5.73 Å². The third-order valence-corrected chi connectivity index (χ3v) is 2.31. The second-order valence-corrected chi connectivity index (χ2v) is 3.60. The minimum Gasteiger partial charge on any atom is -0.449 e. The lowest BCUT2D eigenvalue weighted by Gasteiger charge is -2.14. The maximum absolute atomic E-state index is 11.3. The number of β-amino-alcohol motifs (C(OH)–C–C–N with tert-alkyl or cyclic N) is 1. The number of rotatable bonds is 3. The van der Waals surface area contributed by atoms with Crippen molar-refractivity contribution in [1.29, 1.82) is 0 Å². The van der Waals surface area contributed by atoms with E-state index in [2.05, 4.69) is 0 Å². The van der Waals surface area contributed by atoms with Crippen LogP contribution in [-0.4, -0.2) is 47.9 Å². The molecule has 0 bridgehead atoms. The first-order valence-electron chi connectivity index (χ1n) is 5.00. The summed E-state index contributed by atoms with van der Waals surface area (Å²) in [7, 11) is 0. The lowest BCUT2D eigenvalue weighted by molar-refractivity contribution is 0.102. The second-order valence-electron chi connectivity index (χ2n) is 3.60. The van der Waals surface area contributed by atoms with Crippen LogP contribution in [0.5, 0.6) is 0 Å². The van der Waals surface area contributed by atoms with Crippen molar-refractivity contribution in [3.05, 3.63) is 0 Å². The molecular formula is C9H18N2O3. The average Bonchev–Trinajstić information content (AvgIpc) is 2.47. The highest BCUT2D eigenvalue weighted by Gasteiger charge is 2.32. The first-order valence-corrected chi connectivity index (χ1v) is 5.00. The van der Waals surface area contributed by atoms with Gasteiger partial charge in [-0.3, -0.25) is 0 Å². The number of hydrogen-bond donors (Lipinski definition) is 2. The molecular weight excluding hydrogens is 184 g/mol. The van der Waals surface area contributed by atoms with Crippen LogP contribution in [0.1, 0.15) is 19.8 Å². The molecule has 1 saturated heterocycles. The Morgan fingerprint density at radius 3 is 2.86 bits per heavy atom. The number of nitrogens with zero attached hydrogens (tertiary/aromatic N) is 1. The minimum absolute atomic E-state index is 0.284. The smallest absolute Gasteiger partial charge is 0.409 e. The van der Waals surface area contributed by atoms with E-state index in [9.17, 15) is 9.90 Å². The molecule has 0 aromatic carbocycles. The van der Waals surface area contributed by atoms with Crippen LogP contribution in [-0.2, 0) is 4.74 Å². The normalized spacial score (nSPS) is 26.6. The topological polar surface area (TPSA) is 75.8 Å². The molecule has 0 aromatic heterocycles. The van der Waals surface area contributed by atoms with Gasteiger partial charge in [0.25, 0.3) is 0 Å². The molecule has 0 radical (unpaired) electrons. The van der Waals surface area contributed by atoms with Gasteiger partial charge in [0.05, 0.1) is 25.3 Å². The van der Waals surface area contributed by atoms with Crippen LogP contribution in [0.25, 0.3) is 0 Å². The van der Waals surface area contributed by atoms with Crippen LogP contribution in [0.2, 0.25) is 0 Å². The number of carbonyl (C=O) groups is 1. The number of aliphatic hydroxyl groups is 1. The van der Waals surface area contributed by atoms with Crippen molar-refractivity contribution in [2.24, 2.45) is 5.73 Å². The van der Waals surface area contributed by atoms with Crippen molar-refractivity contribution in [1.82, 2.24) is 4.90 Å². The largest absolute Gasteiger partial charge is 0.449 e. The van der Waals surface area contributed by atoms with Crippen molar-refractivity contribution in [3.63, 3.8) is 0 Å². The molecule has 1 aliphatic rings. The van der Waals surface area contributed by atoms with Gasteiger partial charge in [-0.15, -0.1) is 0 Å². The zero-order valence-electron chi connectivity index (χ0n) is 8.48. The number of unbranched alkanes of at least 4 members (excludes halogenated alkanes) is 1. The predicted molar refractivity (Wildman–Crippen MR) is 51.8 cm³/mol. The van der Waals surface area contributed by atoms with Gasteiger partial charge < -0.3 is 20.5 Å². The van der Waals surface area contributed by atoms with Crippen LogP contribution in [0.4, 0.5) is 4.79 Å². The zero-order chi connectivity index (χ0) is 10.6. The van der Waals surface area contributed by atoms with E-state index in [1.807, 2.05) is 6.92 Å². The number of hydrogen-bond acceptors (Lipinski definition) is 4. The van der Waals surface area contributed by atoms with Crippen molar-refractivity contribution in [2.75, 3.05) is 19.7 Å². The fraction of sp³-hybridized carbons (Fsp3) is 0.889. The summed E-state index contributed by atoms with van der Waals surface area (Å²) < 4.78 is 4.98. The van der Waals surface area contributed by atoms with Gasteiger partial charge in [0.2, 0.25) is 0 Å². The van der Waals surface area contributed by atoms with E-state index >= 15 is 0 Å². The number of carbonyl (C=O) groups excluding carboxylic acids is 1. The Kier molecular flexibility index (Phi) is 4.16. The number of nitrogens with two attached hydrogens (primary N) is 1. The van der Waals surface area contributed by atoms with Gasteiger partial charge in [0.15, 0.2) is 0 Å². The van der Waals surface area contributed by atoms with E-state index in [4.69, 9.17) is 10.5 Å². The van der Waals surface area contributed by atoms with Crippen molar-refractivity contribution in [2.45, 2.75) is 31.9 Å². The molecule has 1 amide bonds. The van der Waals surface area contributed by atoms with Crippen LogP contribution in [0.3, 0.4) is 0 Å². The molecule has 1 heterocycles. The first-order chi connectivity index (χ1) is 6.65. The maximum atomic E-state index is 11.3. The lowest BCUT2D eigenvalue weighted by Crippen LogP contribution is -2.33. The summed E-state index contributed by atoms with van der Waals surface area (Å²) in [5.74, 6) is 0. The fourth-order valence-electron chi connectivity index (χ4n) is 1.36.